The molecule has 10 heteroatoms. The highest BCUT2D eigenvalue weighted by molar-refractivity contribution is 8.24. The van der Waals surface area contributed by atoms with Crippen LogP contribution in [-0.2, 0) is 6.42 Å². The largest absolute Gasteiger partial charge is 0.462 e. The molecule has 9 nitrogen and oxygen atoms in total. The Labute approximate surface area is 190 Å². The average Bonchev–Trinajstić information content (AvgIpc) is 3.27. The third-order valence-electron chi connectivity index (χ3n) is 6.27. The van der Waals surface area contributed by atoms with Crippen LogP contribution in [0.25, 0.3) is 0 Å². The van der Waals surface area contributed by atoms with Crippen LogP contribution in [0.15, 0.2) is 28.8 Å². The van der Waals surface area contributed by atoms with Crippen LogP contribution in [0, 0.1) is 0 Å². The van der Waals surface area contributed by atoms with Crippen molar-refractivity contribution in [3.8, 4) is 6.01 Å². The second-order valence-corrected chi connectivity index (χ2v) is 10.9. The summed E-state index contributed by atoms with van der Waals surface area (Å²) in [5, 5.41) is 3.90. The van der Waals surface area contributed by atoms with E-state index in [-0.39, 0.29) is 35.4 Å². The molecule has 0 spiro atoms. The van der Waals surface area contributed by atoms with Crippen molar-refractivity contribution < 1.29 is 23.2 Å². The molecule has 2 unspecified atom stereocenters. The number of hydrogen-bond donors (Lipinski definition) is 2. The lowest BCUT2D eigenvalue weighted by Gasteiger charge is -2.44. The molecule has 2 atom stereocenters. The number of amides is 2. The third-order valence-corrected chi connectivity index (χ3v) is 7.95. The average molecular weight is 465 g/mol. The van der Waals surface area contributed by atoms with E-state index in [2.05, 4.69) is 41.3 Å². The molecule has 2 saturated heterocycles. The Hall–Kier alpha value is -2.30. The Kier molecular flexibility index (Phi) is 6.92. The smallest absolute Gasteiger partial charge is 0.354 e. The Morgan fingerprint density at radius 3 is 2.47 bits per heavy atom. The molecule has 176 valence electrons. The van der Waals surface area contributed by atoms with Crippen molar-refractivity contribution in [1.82, 2.24) is 19.9 Å². The number of piperidine rings is 1. The van der Waals surface area contributed by atoms with E-state index in [1.54, 1.807) is 4.90 Å². The molecule has 1 aromatic carbocycles. The van der Waals surface area contributed by atoms with Crippen molar-refractivity contribution in [3.05, 3.63) is 41.3 Å². The van der Waals surface area contributed by atoms with Gasteiger partial charge in [-0.15, -0.1) is 0 Å². The fourth-order valence-corrected chi connectivity index (χ4v) is 5.62. The van der Waals surface area contributed by atoms with E-state index in [0.717, 1.165) is 12.8 Å². The van der Waals surface area contributed by atoms with Crippen molar-refractivity contribution in [2.24, 2.45) is 0 Å². The summed E-state index contributed by atoms with van der Waals surface area (Å²) in [6, 6.07) is 8.70. The van der Waals surface area contributed by atoms with Crippen LogP contribution in [0.5, 0.6) is 6.01 Å². The SMILES string of the molecule is CCOc1noc(C2CC(c3ccc(CC)cc3)CN(C(=O)N3CCS(O)(O)CC3)C2)n1. The van der Waals surface area contributed by atoms with Gasteiger partial charge in [0.25, 0.3) is 0 Å². The number of ether oxygens (including phenoxy) is 1. The number of carbonyl (C=O) groups is 1. The fourth-order valence-electron chi connectivity index (χ4n) is 4.39. The Bertz CT molecular complexity index is 909. The number of nitrogens with zero attached hydrogens (tertiary/aromatic N) is 4. The van der Waals surface area contributed by atoms with Gasteiger partial charge in [-0.2, -0.15) is 15.6 Å². The normalized spacial score (nSPS) is 24.2. The van der Waals surface area contributed by atoms with Gasteiger partial charge in [0, 0.05) is 32.1 Å². The predicted molar refractivity (Wildman–Crippen MR) is 123 cm³/mol. The number of rotatable bonds is 5. The van der Waals surface area contributed by atoms with E-state index in [9.17, 15) is 13.9 Å². The van der Waals surface area contributed by atoms with Gasteiger partial charge in [-0.25, -0.2) is 4.79 Å². The first-order valence-corrected chi connectivity index (χ1v) is 13.1. The summed E-state index contributed by atoms with van der Waals surface area (Å²) in [6.45, 7) is 6.23. The fraction of sp³-hybridized carbons (Fsp3) is 0.591. The standard InChI is InChI=1S/C22H32N4O5S/c1-3-16-5-7-17(8-6-16)18-13-19(20-23-21(24-31-20)30-4-2)15-26(14-18)22(27)25-9-11-32(28,29)12-10-25/h5-8,18-19,28-29H,3-4,9-15H2,1-2H3. The molecule has 0 bridgehead atoms. The number of aromatic nitrogens is 2. The van der Waals surface area contributed by atoms with Crippen LogP contribution in [0.4, 0.5) is 4.79 Å². The molecule has 4 rings (SSSR count). The van der Waals surface area contributed by atoms with Crippen LogP contribution in [0.2, 0.25) is 0 Å². The molecule has 3 heterocycles. The molecule has 2 fully saturated rings. The Morgan fingerprint density at radius 2 is 1.81 bits per heavy atom. The quantitative estimate of drug-likeness (QED) is 0.692. The second-order valence-electron chi connectivity index (χ2n) is 8.46. The Morgan fingerprint density at radius 1 is 1.12 bits per heavy atom. The van der Waals surface area contributed by atoms with Gasteiger partial charge in [-0.1, -0.05) is 31.2 Å². The molecule has 0 radical (unpaired) electrons. The Balaban J connectivity index is 1.55. The van der Waals surface area contributed by atoms with E-state index < -0.39 is 10.6 Å². The zero-order chi connectivity index (χ0) is 22.7. The summed E-state index contributed by atoms with van der Waals surface area (Å²) in [6.07, 6.45) is 1.78. The highest BCUT2D eigenvalue weighted by Gasteiger charge is 2.37. The highest BCUT2D eigenvalue weighted by atomic mass is 32.3. The molecule has 2 aromatic rings. The summed E-state index contributed by atoms with van der Waals surface area (Å²) >= 11 is 0. The van der Waals surface area contributed by atoms with Crippen LogP contribution in [0.1, 0.15) is 49.1 Å². The molecule has 2 N–H and O–H groups in total. The lowest BCUT2D eigenvalue weighted by atomic mass is 9.84. The van der Waals surface area contributed by atoms with Crippen LogP contribution < -0.4 is 4.74 Å². The number of benzene rings is 1. The van der Waals surface area contributed by atoms with Crippen molar-refractivity contribution in [1.29, 1.82) is 0 Å². The van der Waals surface area contributed by atoms with Gasteiger partial charge in [0.15, 0.2) is 0 Å². The first-order valence-electron chi connectivity index (χ1n) is 11.2. The van der Waals surface area contributed by atoms with Crippen molar-refractivity contribution >= 4 is 16.6 Å². The molecule has 0 aliphatic carbocycles. The lowest BCUT2D eigenvalue weighted by molar-refractivity contribution is 0.129. The van der Waals surface area contributed by atoms with Gasteiger partial charge < -0.3 is 19.1 Å². The molecular formula is C22H32N4O5S. The molecule has 32 heavy (non-hydrogen) atoms. The van der Waals surface area contributed by atoms with E-state index in [1.165, 1.54) is 11.1 Å². The van der Waals surface area contributed by atoms with Gasteiger partial charge in [0.2, 0.25) is 5.89 Å². The maximum atomic E-state index is 13.3. The molecule has 0 saturated carbocycles. The summed E-state index contributed by atoms with van der Waals surface area (Å²) in [7, 11) is -2.56. The first-order chi connectivity index (χ1) is 15.4. The number of hydrogen-bond acceptors (Lipinski definition) is 7. The van der Waals surface area contributed by atoms with Gasteiger partial charge in [0.1, 0.15) is 0 Å². The van der Waals surface area contributed by atoms with Crippen LogP contribution in [-0.4, -0.2) is 79.4 Å². The maximum absolute atomic E-state index is 13.3. The zero-order valence-corrected chi connectivity index (χ0v) is 19.5. The molecule has 2 aliphatic heterocycles. The van der Waals surface area contributed by atoms with Gasteiger partial charge in [-0.3, -0.25) is 9.11 Å². The lowest BCUT2D eigenvalue weighted by Crippen LogP contribution is -2.52. The van der Waals surface area contributed by atoms with Crippen LogP contribution >= 0.6 is 10.6 Å². The summed E-state index contributed by atoms with van der Waals surface area (Å²) < 4.78 is 30.6. The van der Waals surface area contributed by atoms with Crippen LogP contribution in [0.3, 0.4) is 0 Å². The minimum Gasteiger partial charge on any atom is -0.462 e. The summed E-state index contributed by atoms with van der Waals surface area (Å²) in [4.78, 5) is 21.3. The molecule has 2 aliphatic rings. The molecule has 1 aromatic heterocycles. The monoisotopic (exact) mass is 464 g/mol. The van der Waals surface area contributed by atoms with Crippen molar-refractivity contribution in [2.75, 3.05) is 44.3 Å². The van der Waals surface area contributed by atoms with Gasteiger partial charge in [-0.05, 0) is 36.0 Å². The molecular weight excluding hydrogens is 432 g/mol. The van der Waals surface area contributed by atoms with E-state index >= 15 is 0 Å². The number of aryl methyl sites for hydroxylation is 1. The predicted octanol–water partition coefficient (Wildman–Crippen LogP) is 3.79. The highest BCUT2D eigenvalue weighted by Crippen LogP contribution is 2.41. The number of urea groups is 1. The van der Waals surface area contributed by atoms with E-state index in [0.29, 0.717) is 38.7 Å². The second kappa shape index (κ2) is 9.68. The topological polar surface area (TPSA) is 112 Å². The summed E-state index contributed by atoms with van der Waals surface area (Å²) in [5.41, 5.74) is 2.46. The van der Waals surface area contributed by atoms with E-state index in [4.69, 9.17) is 9.26 Å². The molecule has 2 amide bonds. The van der Waals surface area contributed by atoms with Crippen molar-refractivity contribution in [3.63, 3.8) is 0 Å². The van der Waals surface area contributed by atoms with Gasteiger partial charge >= 0.3 is 12.0 Å². The zero-order valence-electron chi connectivity index (χ0n) is 18.6. The first kappa shape index (κ1) is 22.9. The van der Waals surface area contributed by atoms with E-state index in [1.807, 2.05) is 11.8 Å². The van der Waals surface area contributed by atoms with Gasteiger partial charge in [0.05, 0.1) is 24.0 Å². The number of likely N-dealkylation sites (tertiary alicyclic amines) is 1. The summed E-state index contributed by atoms with van der Waals surface area (Å²) in [5.74, 6) is 0.985. The maximum Gasteiger partial charge on any atom is 0.354 e. The van der Waals surface area contributed by atoms with Crippen molar-refractivity contribution in [2.45, 2.75) is 38.5 Å². The minimum absolute atomic E-state index is 0.0793. The number of carbonyl (C=O) groups excluding carboxylic acids is 1. The third kappa shape index (κ3) is 5.19. The minimum atomic E-state index is -2.56.